The molecule has 0 unspecified atom stereocenters. The molecule has 0 saturated carbocycles. The minimum absolute atomic E-state index is 0.611. The molecule has 0 aromatic heterocycles. The smallest absolute Gasteiger partial charge is 0.227 e. The van der Waals surface area contributed by atoms with Gasteiger partial charge in [0.05, 0.1) is 4.92 Å². The molecule has 0 aliphatic carbocycles. The number of carbonyl (C=O) groups excluding carboxylic acids is 1. The summed E-state index contributed by atoms with van der Waals surface area (Å²) in [7, 11) is 0. The average molecular weight is 133 g/mol. The number of nitrogens with zero attached hydrogens (tertiary/aromatic N) is 1. The number of hydrogen-bond donors (Lipinski definition) is 0. The van der Waals surface area contributed by atoms with Crippen LogP contribution >= 0.6 is 0 Å². The summed E-state index contributed by atoms with van der Waals surface area (Å²) in [4.78, 5) is 16.8. The van der Waals surface area contributed by atoms with Crippen molar-refractivity contribution in [1.82, 2.24) is 0 Å². The normalized spacial score (nSPS) is 6.22. The van der Waals surface area contributed by atoms with E-state index in [4.69, 9.17) is 25.1 Å². The van der Waals surface area contributed by atoms with Crippen molar-refractivity contribution < 1.29 is 19.9 Å². The van der Waals surface area contributed by atoms with E-state index in [0.717, 1.165) is 0 Å². The van der Waals surface area contributed by atoms with Gasteiger partial charge < -0.3 is 15.0 Å². The van der Waals surface area contributed by atoms with Crippen molar-refractivity contribution in [3.05, 3.63) is 22.9 Å². The van der Waals surface area contributed by atoms with Gasteiger partial charge in [-0.2, -0.15) is 0 Å². The highest BCUT2D eigenvalue weighted by molar-refractivity contribution is 5.47. The second-order valence-corrected chi connectivity index (χ2v) is 0.718. The summed E-state index contributed by atoms with van der Waals surface area (Å²) in [5, 5.41) is 25.7. The topological polar surface area (TPSA) is 106 Å². The Morgan fingerprint density at radius 1 is 1.56 bits per heavy atom. The highest BCUT2D eigenvalue weighted by Crippen LogP contribution is 1.57. The van der Waals surface area contributed by atoms with E-state index in [0.29, 0.717) is 6.20 Å². The zero-order chi connectivity index (χ0) is 7.86. The van der Waals surface area contributed by atoms with Gasteiger partial charge in [0, 0.05) is 0 Å². The van der Waals surface area contributed by atoms with Crippen molar-refractivity contribution >= 4 is 6.16 Å². The first-order valence-corrected chi connectivity index (χ1v) is 1.64. The molecule has 0 bridgehead atoms. The lowest BCUT2D eigenvalue weighted by molar-refractivity contribution is -0.415. The molecular formula is C3H3NO5-2. The van der Waals surface area contributed by atoms with E-state index in [2.05, 4.69) is 6.58 Å². The molecular weight excluding hydrogens is 130 g/mol. The molecule has 52 valence electrons. The van der Waals surface area contributed by atoms with Gasteiger partial charge in [-0.3, -0.25) is 10.1 Å². The van der Waals surface area contributed by atoms with E-state index in [1.165, 1.54) is 0 Å². The quantitative estimate of drug-likeness (QED) is 0.302. The third kappa shape index (κ3) is 742. The molecule has 6 nitrogen and oxygen atoms in total. The maximum absolute atomic E-state index is 9.06. The van der Waals surface area contributed by atoms with Crippen LogP contribution in [-0.4, -0.2) is 11.1 Å². The number of carboxylic acid groups (broad SMARTS) is 2. The van der Waals surface area contributed by atoms with Gasteiger partial charge in [-0.05, 0) is 12.7 Å². The SMILES string of the molecule is C=C[N+](=O)[O-].O=C([O-])[O-]. The standard InChI is InChI=1S/C2H3NO2.CH2O3/c1-2-3(4)5;2-1(3)4/h2H,1H2;(H2,2,3,4)/p-2. The van der Waals surface area contributed by atoms with Gasteiger partial charge in [0.2, 0.25) is 6.20 Å². The highest BCUT2D eigenvalue weighted by Gasteiger charge is 1.69. The number of rotatable bonds is 1. The van der Waals surface area contributed by atoms with E-state index < -0.39 is 11.1 Å². The van der Waals surface area contributed by atoms with Crippen molar-refractivity contribution in [2.24, 2.45) is 0 Å². The molecule has 0 saturated heterocycles. The Balaban J connectivity index is 0. The van der Waals surface area contributed by atoms with E-state index >= 15 is 0 Å². The molecule has 0 N–H and O–H groups in total. The summed E-state index contributed by atoms with van der Waals surface area (Å²) in [6.07, 6.45) is -1.69. The van der Waals surface area contributed by atoms with Crippen LogP contribution in [0.4, 0.5) is 4.79 Å². The first-order chi connectivity index (χ1) is 4.00. The molecule has 0 amide bonds. The molecule has 0 aromatic rings. The Morgan fingerprint density at radius 2 is 1.67 bits per heavy atom. The molecule has 0 radical (unpaired) electrons. The lowest BCUT2D eigenvalue weighted by Gasteiger charge is -1.96. The Kier molecular flexibility index (Phi) is 7.41. The third-order valence-corrected chi connectivity index (χ3v) is 0.149. The molecule has 0 heterocycles. The molecule has 0 rings (SSSR count). The van der Waals surface area contributed by atoms with Crippen LogP contribution in [0.25, 0.3) is 0 Å². The Labute approximate surface area is 50.2 Å². The second-order valence-electron chi connectivity index (χ2n) is 0.718. The monoisotopic (exact) mass is 133 g/mol. The first kappa shape index (κ1) is 10.4. The summed E-state index contributed by atoms with van der Waals surface area (Å²) in [5.41, 5.74) is 0. The predicted octanol–water partition coefficient (Wildman–Crippen LogP) is -2.04. The van der Waals surface area contributed by atoms with Crippen molar-refractivity contribution in [3.8, 4) is 0 Å². The fourth-order valence-corrected chi connectivity index (χ4v) is 0. The van der Waals surface area contributed by atoms with Crippen molar-refractivity contribution in [2.45, 2.75) is 0 Å². The molecule has 0 aliphatic heterocycles. The maximum atomic E-state index is 9.06. The molecule has 6 heteroatoms. The third-order valence-electron chi connectivity index (χ3n) is 0.149. The van der Waals surface area contributed by atoms with Gasteiger partial charge in [0.25, 0.3) is 0 Å². The summed E-state index contributed by atoms with van der Waals surface area (Å²) in [6, 6.07) is 0. The van der Waals surface area contributed by atoms with Crippen LogP contribution in [0.1, 0.15) is 0 Å². The molecule has 0 spiro atoms. The summed E-state index contributed by atoms with van der Waals surface area (Å²) in [6.45, 7) is 2.86. The first-order valence-electron chi connectivity index (χ1n) is 1.64. The summed E-state index contributed by atoms with van der Waals surface area (Å²) in [5.74, 6) is 0. The molecule has 0 aromatic carbocycles. The summed E-state index contributed by atoms with van der Waals surface area (Å²) >= 11 is 0. The van der Waals surface area contributed by atoms with Gasteiger partial charge in [-0.15, -0.1) is 0 Å². The second kappa shape index (κ2) is 6.41. The minimum Gasteiger partial charge on any atom is -0.652 e. The number of hydrogen-bond acceptors (Lipinski definition) is 5. The lowest BCUT2D eigenvalue weighted by atomic mass is 11.1. The average Bonchev–Trinajstić information content (AvgIpc) is 1.65. The van der Waals surface area contributed by atoms with Gasteiger partial charge in [0.1, 0.15) is 0 Å². The van der Waals surface area contributed by atoms with Crippen LogP contribution in [0.5, 0.6) is 0 Å². The van der Waals surface area contributed by atoms with E-state index in [9.17, 15) is 0 Å². The van der Waals surface area contributed by atoms with E-state index in [-0.39, 0.29) is 0 Å². The minimum atomic E-state index is -2.33. The van der Waals surface area contributed by atoms with E-state index in [1.54, 1.807) is 0 Å². The Morgan fingerprint density at radius 3 is 1.67 bits per heavy atom. The van der Waals surface area contributed by atoms with E-state index in [1.807, 2.05) is 0 Å². The zero-order valence-corrected chi connectivity index (χ0v) is 4.27. The molecule has 0 aliphatic rings. The summed E-state index contributed by atoms with van der Waals surface area (Å²) < 4.78 is 0. The fourth-order valence-electron chi connectivity index (χ4n) is 0. The van der Waals surface area contributed by atoms with Gasteiger partial charge >= 0.3 is 0 Å². The zero-order valence-electron chi connectivity index (χ0n) is 4.27. The highest BCUT2D eigenvalue weighted by atomic mass is 16.6. The van der Waals surface area contributed by atoms with Crippen LogP contribution in [0, 0.1) is 10.1 Å². The maximum Gasteiger partial charge on any atom is 0.227 e. The number of carbonyl (C=O) groups is 1. The molecule has 9 heavy (non-hydrogen) atoms. The van der Waals surface area contributed by atoms with Gasteiger partial charge in [-0.1, -0.05) is 0 Å². The Bertz CT molecular complexity index is 115. The number of nitro groups is 1. The molecule has 0 fully saturated rings. The van der Waals surface area contributed by atoms with Crippen molar-refractivity contribution in [1.29, 1.82) is 0 Å². The molecule has 0 atom stereocenters. The fraction of sp³-hybridized carbons (Fsp3) is 0. The predicted molar refractivity (Wildman–Crippen MR) is 22.6 cm³/mol. The van der Waals surface area contributed by atoms with Crippen molar-refractivity contribution in [2.75, 3.05) is 0 Å². The Hall–Kier alpha value is -1.59. The van der Waals surface area contributed by atoms with Crippen LogP contribution < -0.4 is 10.2 Å². The van der Waals surface area contributed by atoms with Crippen LogP contribution in [-0.2, 0) is 0 Å². The van der Waals surface area contributed by atoms with Crippen LogP contribution in [0.15, 0.2) is 12.8 Å². The largest absolute Gasteiger partial charge is 0.652 e. The van der Waals surface area contributed by atoms with Crippen molar-refractivity contribution in [3.63, 3.8) is 0 Å². The lowest BCUT2D eigenvalue weighted by Crippen LogP contribution is -2.37. The van der Waals surface area contributed by atoms with Gasteiger partial charge in [0.15, 0.2) is 0 Å². The van der Waals surface area contributed by atoms with Crippen LogP contribution in [0.2, 0.25) is 0 Å². The van der Waals surface area contributed by atoms with Gasteiger partial charge in [-0.25, -0.2) is 0 Å². The van der Waals surface area contributed by atoms with Crippen LogP contribution in [0.3, 0.4) is 0 Å².